The number of rotatable bonds is 2. The largest absolute Gasteiger partial charge is 0.384 e. The number of benzene rings is 1. The fourth-order valence-electron chi connectivity index (χ4n) is 1.56. The van der Waals surface area contributed by atoms with E-state index in [1.165, 1.54) is 0 Å². The van der Waals surface area contributed by atoms with E-state index >= 15 is 0 Å². The number of anilines is 1. The van der Waals surface area contributed by atoms with Crippen LogP contribution in [0.3, 0.4) is 0 Å². The summed E-state index contributed by atoms with van der Waals surface area (Å²) in [5.74, 6) is 0.0797. The summed E-state index contributed by atoms with van der Waals surface area (Å²) in [5, 5.41) is 9.24. The van der Waals surface area contributed by atoms with E-state index in [4.69, 9.17) is 16.0 Å². The first-order valence-electron chi connectivity index (χ1n) is 4.63. The van der Waals surface area contributed by atoms with Crippen LogP contribution in [0.1, 0.15) is 12.0 Å². The summed E-state index contributed by atoms with van der Waals surface area (Å²) < 4.78 is 0. The highest BCUT2D eigenvalue weighted by atomic mass is 16.7. The minimum atomic E-state index is 0.0797. The first kappa shape index (κ1) is 9.02. The van der Waals surface area contributed by atoms with Gasteiger partial charge in [0.15, 0.2) is 0 Å². The first-order chi connectivity index (χ1) is 6.79. The Bertz CT molecular complexity index is 345. The molecule has 0 atom stereocenters. The molecule has 1 aliphatic heterocycles. The summed E-state index contributed by atoms with van der Waals surface area (Å²) in [4.78, 5) is 5.41. The lowest BCUT2D eigenvalue weighted by molar-refractivity contribution is 0.168. The van der Waals surface area contributed by atoms with Crippen LogP contribution in [-0.2, 0) is 4.84 Å². The maximum absolute atomic E-state index is 7.44. The molecule has 0 spiro atoms. The van der Waals surface area contributed by atoms with Crippen LogP contribution >= 0.6 is 0 Å². The molecule has 4 nitrogen and oxygen atoms in total. The molecule has 0 unspecified atom stereocenters. The van der Waals surface area contributed by atoms with Crippen molar-refractivity contribution < 1.29 is 4.84 Å². The Morgan fingerprint density at radius 1 is 1.43 bits per heavy atom. The van der Waals surface area contributed by atoms with Gasteiger partial charge in [0.2, 0.25) is 0 Å². The molecule has 4 heteroatoms. The summed E-state index contributed by atoms with van der Waals surface area (Å²) in [6.07, 6.45) is 1.02. The molecule has 1 heterocycles. The maximum atomic E-state index is 7.44. The monoisotopic (exact) mass is 191 g/mol. The van der Waals surface area contributed by atoms with E-state index in [-0.39, 0.29) is 5.84 Å². The predicted molar refractivity (Wildman–Crippen MR) is 55.4 cm³/mol. The molecular formula is C10H13N3O. The van der Waals surface area contributed by atoms with Crippen molar-refractivity contribution in [3.63, 3.8) is 0 Å². The van der Waals surface area contributed by atoms with Gasteiger partial charge in [-0.3, -0.25) is 15.3 Å². The van der Waals surface area contributed by atoms with E-state index in [0.29, 0.717) is 0 Å². The molecule has 0 aromatic heterocycles. The normalized spacial score (nSPS) is 15.9. The SMILES string of the molecule is N=C(N)c1ccccc1N1CCCO1. The van der Waals surface area contributed by atoms with Crippen LogP contribution in [0.5, 0.6) is 0 Å². The summed E-state index contributed by atoms with van der Waals surface area (Å²) in [5.41, 5.74) is 7.10. The van der Waals surface area contributed by atoms with Crippen LogP contribution in [0.4, 0.5) is 5.69 Å². The van der Waals surface area contributed by atoms with Gasteiger partial charge in [-0.2, -0.15) is 0 Å². The van der Waals surface area contributed by atoms with E-state index in [0.717, 1.165) is 30.8 Å². The molecule has 3 N–H and O–H groups in total. The van der Waals surface area contributed by atoms with E-state index in [1.807, 2.05) is 24.3 Å². The van der Waals surface area contributed by atoms with Gasteiger partial charge in [0.1, 0.15) is 5.84 Å². The van der Waals surface area contributed by atoms with Crippen molar-refractivity contribution in [2.75, 3.05) is 18.2 Å². The standard InChI is InChI=1S/C10H13N3O/c11-10(12)8-4-1-2-5-9(8)13-6-3-7-14-13/h1-2,4-5H,3,6-7H2,(H3,11,12). The Balaban J connectivity index is 2.35. The third kappa shape index (κ3) is 1.56. The molecule has 1 fully saturated rings. The lowest BCUT2D eigenvalue weighted by Gasteiger charge is -2.18. The van der Waals surface area contributed by atoms with Crippen molar-refractivity contribution in [2.24, 2.45) is 5.73 Å². The Morgan fingerprint density at radius 3 is 2.86 bits per heavy atom. The predicted octanol–water partition coefficient (Wildman–Crippen LogP) is 1.11. The molecule has 0 amide bonds. The number of hydrogen-bond acceptors (Lipinski definition) is 3. The summed E-state index contributed by atoms with van der Waals surface area (Å²) in [6.45, 7) is 1.61. The number of hydrogen-bond donors (Lipinski definition) is 2. The second-order valence-electron chi connectivity index (χ2n) is 3.22. The number of nitrogens with two attached hydrogens (primary N) is 1. The minimum Gasteiger partial charge on any atom is -0.384 e. The van der Waals surface area contributed by atoms with Gasteiger partial charge in [0.25, 0.3) is 0 Å². The van der Waals surface area contributed by atoms with Crippen LogP contribution in [0.25, 0.3) is 0 Å². The van der Waals surface area contributed by atoms with Crippen LogP contribution in [-0.4, -0.2) is 19.0 Å². The highest BCUT2D eigenvalue weighted by molar-refractivity contribution is 6.00. The third-order valence-corrected chi connectivity index (χ3v) is 2.22. The van der Waals surface area contributed by atoms with Gasteiger partial charge < -0.3 is 5.73 Å². The molecule has 1 aromatic rings. The van der Waals surface area contributed by atoms with E-state index < -0.39 is 0 Å². The van der Waals surface area contributed by atoms with Crippen LogP contribution in [0.15, 0.2) is 24.3 Å². The second kappa shape index (κ2) is 3.67. The zero-order chi connectivity index (χ0) is 9.97. The first-order valence-corrected chi connectivity index (χ1v) is 4.63. The number of nitrogens with zero attached hydrogens (tertiary/aromatic N) is 1. The van der Waals surface area contributed by atoms with Gasteiger partial charge in [-0.25, -0.2) is 0 Å². The Labute approximate surface area is 82.7 Å². The molecule has 74 valence electrons. The molecular weight excluding hydrogens is 178 g/mol. The zero-order valence-electron chi connectivity index (χ0n) is 7.86. The lowest BCUT2D eigenvalue weighted by Crippen LogP contribution is -2.21. The number of nitrogens with one attached hydrogen (secondary N) is 1. The van der Waals surface area contributed by atoms with Gasteiger partial charge in [0, 0.05) is 12.1 Å². The Kier molecular flexibility index (Phi) is 2.37. The second-order valence-corrected chi connectivity index (χ2v) is 3.22. The maximum Gasteiger partial charge on any atom is 0.124 e. The fraction of sp³-hybridized carbons (Fsp3) is 0.300. The molecule has 1 aliphatic rings. The molecule has 0 aliphatic carbocycles. The zero-order valence-corrected chi connectivity index (χ0v) is 7.86. The molecule has 2 rings (SSSR count). The molecule has 1 saturated heterocycles. The number of para-hydroxylation sites is 1. The molecule has 14 heavy (non-hydrogen) atoms. The van der Waals surface area contributed by atoms with Gasteiger partial charge >= 0.3 is 0 Å². The van der Waals surface area contributed by atoms with Crippen molar-refractivity contribution in [1.29, 1.82) is 5.41 Å². The average molecular weight is 191 g/mol. The van der Waals surface area contributed by atoms with E-state index in [9.17, 15) is 0 Å². The third-order valence-electron chi connectivity index (χ3n) is 2.22. The number of hydroxylamine groups is 1. The van der Waals surface area contributed by atoms with Crippen molar-refractivity contribution in [2.45, 2.75) is 6.42 Å². The molecule has 0 radical (unpaired) electrons. The summed E-state index contributed by atoms with van der Waals surface area (Å²) >= 11 is 0. The van der Waals surface area contributed by atoms with Crippen LogP contribution < -0.4 is 10.8 Å². The van der Waals surface area contributed by atoms with Gasteiger partial charge in [-0.15, -0.1) is 0 Å². The Hall–Kier alpha value is -1.55. The number of amidine groups is 1. The summed E-state index contributed by atoms with van der Waals surface area (Å²) in [6, 6.07) is 7.54. The van der Waals surface area contributed by atoms with Crippen molar-refractivity contribution in [3.8, 4) is 0 Å². The van der Waals surface area contributed by atoms with E-state index in [2.05, 4.69) is 0 Å². The van der Waals surface area contributed by atoms with Crippen LogP contribution in [0, 0.1) is 5.41 Å². The molecule has 1 aromatic carbocycles. The number of nitrogen functional groups attached to an aromatic ring is 1. The topological polar surface area (TPSA) is 62.3 Å². The quantitative estimate of drug-likeness (QED) is 0.543. The van der Waals surface area contributed by atoms with Crippen molar-refractivity contribution in [1.82, 2.24) is 0 Å². The minimum absolute atomic E-state index is 0.0797. The van der Waals surface area contributed by atoms with Gasteiger partial charge in [-0.05, 0) is 18.6 Å². The molecule has 0 saturated carbocycles. The smallest absolute Gasteiger partial charge is 0.124 e. The van der Waals surface area contributed by atoms with Crippen molar-refractivity contribution in [3.05, 3.63) is 29.8 Å². The van der Waals surface area contributed by atoms with Crippen molar-refractivity contribution >= 4 is 11.5 Å². The van der Waals surface area contributed by atoms with Crippen LogP contribution in [0.2, 0.25) is 0 Å². The van der Waals surface area contributed by atoms with Gasteiger partial charge in [0.05, 0.1) is 12.3 Å². The fourth-order valence-corrected chi connectivity index (χ4v) is 1.56. The average Bonchev–Trinajstić information content (AvgIpc) is 2.70. The Morgan fingerprint density at radius 2 is 2.21 bits per heavy atom. The lowest BCUT2D eigenvalue weighted by atomic mass is 10.1. The van der Waals surface area contributed by atoms with E-state index in [1.54, 1.807) is 5.06 Å². The molecule has 0 bridgehead atoms. The summed E-state index contributed by atoms with van der Waals surface area (Å²) in [7, 11) is 0. The highest BCUT2D eigenvalue weighted by Crippen LogP contribution is 2.22. The van der Waals surface area contributed by atoms with Gasteiger partial charge in [-0.1, -0.05) is 12.1 Å². The highest BCUT2D eigenvalue weighted by Gasteiger charge is 2.17.